The molecule has 2 unspecified atom stereocenters. The number of aliphatic carboxylic acids is 1. The summed E-state index contributed by atoms with van der Waals surface area (Å²) in [5.74, 6) is -2.52. The number of nitrogens with two attached hydrogens (primary N) is 1. The normalized spacial score (nSPS) is 26.2. The number of methoxy groups -OCH3 is 2. The van der Waals surface area contributed by atoms with Gasteiger partial charge in [0.2, 0.25) is 43.7 Å². The fourth-order valence-corrected chi connectivity index (χ4v) is 21.3. The third kappa shape index (κ3) is 22.0. The Morgan fingerprint density at radius 2 is 0.952 bits per heavy atom. The van der Waals surface area contributed by atoms with Gasteiger partial charge in [-0.1, -0.05) is 50.0 Å². The number of hydrogen-bond acceptors (Lipinski definition) is 26. The number of fused-ring (bicyclic) bond motifs is 6. The molecule has 8 fully saturated rings. The SMILES string of the molecule is COc1ccc2c(O[C@@H]3C[C@H]4C(=O)N[C@]5(C(=O)NS(=O)(=O)C6CC6)CC5/C=C\CCCCC[C@H](NC(=O)OC5CCCC5)C(=O)N4C3)cc(-c3csc(NC(C)C)n3)nc2c1C.COc1ccc2c(O[C@@H]3C[C@H]4C(=O)N[C@]5(C(=O)O)CC5/C=C\CCCCC[C@H](NC(=O)OC5CCCC5)C(=O)N4C3)cc(-c3csc(NC(C)C)n3)nc2c1C.NS(=O)(=O)C1CC1. The monoisotopic (exact) mass is 1800 g/mol. The van der Waals surface area contributed by atoms with E-state index in [2.05, 4.69) is 36.6 Å². The van der Waals surface area contributed by atoms with Crippen molar-refractivity contribution in [1.82, 2.24) is 55.7 Å². The molecule has 8 heterocycles. The highest BCUT2D eigenvalue weighted by Gasteiger charge is 2.63. The summed E-state index contributed by atoms with van der Waals surface area (Å²) in [5, 5.41) is 39.0. The van der Waals surface area contributed by atoms with E-state index in [1.807, 2.05) is 113 Å². The first-order valence-corrected chi connectivity index (χ1v) is 48.8. The van der Waals surface area contributed by atoms with Crippen LogP contribution in [0.4, 0.5) is 19.9 Å². The Balaban J connectivity index is 0.000000189. The number of ether oxygens (including phenoxy) is 6. The summed E-state index contributed by atoms with van der Waals surface area (Å²) in [4.78, 5) is 134. The van der Waals surface area contributed by atoms with E-state index < -0.39 is 126 Å². The first-order chi connectivity index (χ1) is 59.8. The summed E-state index contributed by atoms with van der Waals surface area (Å²) in [6.45, 7) is 12.0. The average Bonchev–Trinajstić information content (AvgIpc) is 1.57. The number of carboxylic acid groups (broad SMARTS) is 1. The molecule has 0 spiro atoms. The number of carboxylic acids is 1. The van der Waals surface area contributed by atoms with Gasteiger partial charge in [0.1, 0.15) is 94.0 Å². The van der Waals surface area contributed by atoms with Gasteiger partial charge in [-0.2, -0.15) is 0 Å². The average molecular weight is 1800 g/mol. The van der Waals surface area contributed by atoms with Crippen LogP contribution in [0.2, 0.25) is 0 Å². The van der Waals surface area contributed by atoms with Crippen molar-refractivity contribution >= 4 is 122 Å². The van der Waals surface area contributed by atoms with Gasteiger partial charge >= 0.3 is 18.2 Å². The molecule has 6 aromatic rings. The molecule has 2 aromatic carbocycles. The van der Waals surface area contributed by atoms with Crippen molar-refractivity contribution in [3.05, 3.63) is 82.6 Å². The predicted molar refractivity (Wildman–Crippen MR) is 472 cm³/mol. The molecule has 33 nitrogen and oxygen atoms in total. The topological polar surface area (TPSA) is 449 Å². The largest absolute Gasteiger partial charge is 0.496 e. The van der Waals surface area contributed by atoms with Crippen molar-refractivity contribution in [2.45, 2.75) is 291 Å². The minimum absolute atomic E-state index is 0.0151. The molecule has 0 bridgehead atoms. The number of thiazole rings is 2. The van der Waals surface area contributed by atoms with Gasteiger partial charge in [-0.25, -0.2) is 56.3 Å². The molecule has 10 atom stereocenters. The number of sulfonamides is 2. The van der Waals surface area contributed by atoms with Crippen LogP contribution in [-0.4, -0.2) is 209 Å². The highest BCUT2D eigenvalue weighted by Crippen LogP contribution is 2.49. The number of nitrogens with zero attached hydrogens (tertiary/aromatic N) is 6. The van der Waals surface area contributed by atoms with Crippen molar-refractivity contribution in [3.63, 3.8) is 0 Å². The molecule has 7 amide bonds. The molecule has 4 aliphatic heterocycles. The zero-order chi connectivity index (χ0) is 88.8. The Labute approximate surface area is 736 Å². The van der Waals surface area contributed by atoms with Crippen LogP contribution in [0, 0.1) is 25.7 Å². The molecule has 10 aliphatic rings. The summed E-state index contributed by atoms with van der Waals surface area (Å²) < 4.78 is 84.8. The molecule has 0 radical (unpaired) electrons. The number of primary sulfonamides is 1. The number of nitrogens with one attached hydrogen (secondary N) is 7. The van der Waals surface area contributed by atoms with Crippen molar-refractivity contribution < 1.29 is 88.7 Å². The maximum absolute atomic E-state index is 14.8. The van der Waals surface area contributed by atoms with Gasteiger partial charge in [0.15, 0.2) is 10.3 Å². The van der Waals surface area contributed by atoms with Crippen molar-refractivity contribution in [1.29, 1.82) is 0 Å². The highest BCUT2D eigenvalue weighted by atomic mass is 32.2. The van der Waals surface area contributed by atoms with Crippen LogP contribution in [0.3, 0.4) is 0 Å². The number of carbonyl (C=O) groups excluding carboxylic acids is 7. The first kappa shape index (κ1) is 91.2. The molecule has 125 heavy (non-hydrogen) atoms. The number of aryl methyl sites for hydroxylation is 2. The molecule has 10 N–H and O–H groups in total. The molecule has 16 rings (SSSR count). The zero-order valence-corrected chi connectivity index (χ0v) is 75.3. The van der Waals surface area contributed by atoms with Crippen LogP contribution in [-0.2, 0) is 58.3 Å². The number of allylic oxidation sites excluding steroid dienone is 2. The number of aromatic nitrogens is 4. The number of benzene rings is 2. The molecule has 676 valence electrons. The fourth-order valence-electron chi connectivity index (χ4n) is 17.5. The Bertz CT molecular complexity index is 5320. The van der Waals surface area contributed by atoms with Crippen LogP contribution in [0.5, 0.6) is 23.0 Å². The first-order valence-electron chi connectivity index (χ1n) is 43.9. The number of alkyl carbamates (subject to hydrolysis) is 2. The van der Waals surface area contributed by atoms with Crippen molar-refractivity contribution in [3.8, 4) is 45.8 Å². The molecule has 4 aromatic heterocycles. The lowest BCUT2D eigenvalue weighted by molar-refractivity contribution is -0.145. The zero-order valence-electron chi connectivity index (χ0n) is 72.0. The van der Waals surface area contributed by atoms with Gasteiger partial charge in [0.05, 0.1) is 60.2 Å². The highest BCUT2D eigenvalue weighted by molar-refractivity contribution is 7.91. The van der Waals surface area contributed by atoms with Crippen LogP contribution in [0.25, 0.3) is 44.6 Å². The number of anilines is 2. The molecule has 6 aliphatic carbocycles. The Morgan fingerprint density at radius 1 is 0.536 bits per heavy atom. The number of carbonyl (C=O) groups is 8. The third-order valence-corrected chi connectivity index (χ3v) is 29.6. The maximum Gasteiger partial charge on any atom is 0.408 e. The number of hydrogen-bond donors (Lipinski definition) is 9. The number of rotatable bonds is 21. The summed E-state index contributed by atoms with van der Waals surface area (Å²) >= 11 is 2.93. The van der Waals surface area contributed by atoms with E-state index in [-0.39, 0.29) is 74.2 Å². The summed E-state index contributed by atoms with van der Waals surface area (Å²) in [7, 11) is -3.84. The Kier molecular flexibility index (Phi) is 28.5. The quantitative estimate of drug-likeness (QED) is 0.0302. The standard InChI is InChI=1S/C44H57N7O9S2.C41H52N6O8S.C3H7NO2S/c1-25(2)45-42-47-34(24-61-42)33-21-37(31-18-19-36(58-4)26(3)38(31)46-33)59-29-20-35-39(52)49-44(41(54)50-62(56,57)30-16-17-30)22-27(44)12-8-6-5-7-9-15-32(40(53)51(35)23-29)48-43(55)60-28-13-10-11-14-28;1-23(2)42-39-44-31(22-56-39)30-19-34(28-16-17-33(53-4)24(3)35(28)43-30)54-27-18-32-36(48)46-41(38(50)51)20-25(41)12-8-6-5-7-9-15-29(37(49)47(32)21-27)45-40(52)55-26-13-10-11-14-26;4-7(5,6)3-1-2-3/h8,12,18-19,21,24-25,27-30,32,35H,5-7,9-11,13-17,20,22-23H2,1-4H3,(H,45,47)(H,48,55)(H,49,52)(H,50,54);8,12,16-17,19,22-23,25-27,29,32H,5-7,9-11,13-15,18,20-21H2,1-4H3,(H,42,44)(H,45,52)(H,46,48)(H,50,51);3H,1-2H2,(H2,4,5,6)/b2*12-8-;/t27?,29-,32+,35+,44-;25?,27-,29+,32+,41-;/m11./s1. The van der Waals surface area contributed by atoms with E-state index in [0.29, 0.717) is 107 Å². The second kappa shape index (κ2) is 39.1. The van der Waals surface area contributed by atoms with E-state index in [1.165, 1.54) is 32.5 Å². The van der Waals surface area contributed by atoms with Gasteiger partial charge < -0.3 is 75.2 Å². The second-order valence-corrected chi connectivity index (χ2v) is 40.7. The van der Waals surface area contributed by atoms with E-state index in [9.17, 15) is 60.3 Å². The van der Waals surface area contributed by atoms with Crippen molar-refractivity contribution in [2.75, 3.05) is 37.9 Å². The van der Waals surface area contributed by atoms with Crippen LogP contribution >= 0.6 is 22.7 Å². The van der Waals surface area contributed by atoms with Crippen molar-refractivity contribution in [2.24, 2.45) is 17.0 Å². The number of pyridine rings is 2. The summed E-state index contributed by atoms with van der Waals surface area (Å²) in [6.07, 6.45) is 21.3. The van der Waals surface area contributed by atoms with E-state index in [1.54, 1.807) is 14.2 Å². The molecular weight excluding hydrogens is 1690 g/mol. The smallest absolute Gasteiger partial charge is 0.408 e. The Morgan fingerprint density at radius 3 is 1.35 bits per heavy atom. The fraction of sp³-hybridized carbons (Fsp3) is 0.591. The van der Waals surface area contributed by atoms with Crippen LogP contribution in [0.15, 0.2) is 71.5 Å². The van der Waals surface area contributed by atoms with Crippen LogP contribution in [0.1, 0.15) is 206 Å². The van der Waals surface area contributed by atoms with Gasteiger partial charge in [-0.05, 0) is 194 Å². The molecule has 37 heteroatoms. The summed E-state index contributed by atoms with van der Waals surface area (Å²) in [6, 6.07) is 7.32. The van der Waals surface area contributed by atoms with E-state index >= 15 is 0 Å². The van der Waals surface area contributed by atoms with E-state index in [0.717, 1.165) is 123 Å². The molecule has 2 saturated heterocycles. The van der Waals surface area contributed by atoms with Crippen LogP contribution < -0.4 is 60.7 Å². The lowest BCUT2D eigenvalue weighted by atomic mass is 10.0. The second-order valence-electron chi connectivity index (χ2n) is 35.2. The third-order valence-electron chi connectivity index (χ3n) is 24.9. The predicted octanol–water partition coefficient (Wildman–Crippen LogP) is 11.7. The van der Waals surface area contributed by atoms with Gasteiger partial charge in [-0.3, -0.25) is 28.7 Å². The van der Waals surface area contributed by atoms with Gasteiger partial charge in [0, 0.05) is 81.6 Å². The minimum Gasteiger partial charge on any atom is -0.496 e. The van der Waals surface area contributed by atoms with Gasteiger partial charge in [0.25, 0.3) is 5.91 Å². The molecule has 6 saturated carbocycles. The Hall–Kier alpha value is -9.98. The molecular formula is C88H116N14O19S4. The maximum atomic E-state index is 14.8. The minimum atomic E-state index is -3.91. The number of amides is 7. The van der Waals surface area contributed by atoms with E-state index in [4.69, 9.17) is 53.5 Å². The van der Waals surface area contributed by atoms with Gasteiger partial charge in [-0.15, -0.1) is 22.7 Å². The lowest BCUT2D eigenvalue weighted by Gasteiger charge is -2.30. The lowest BCUT2D eigenvalue weighted by Crippen LogP contribution is -2.58. The summed E-state index contributed by atoms with van der Waals surface area (Å²) in [5.41, 5.74) is 2.37.